The van der Waals surface area contributed by atoms with Gasteiger partial charge in [-0.2, -0.15) is 0 Å². The minimum Gasteiger partial charge on any atom is -0.508 e. The fourth-order valence-corrected chi connectivity index (χ4v) is 2.71. The number of aromatic hydroxyl groups is 2. The topological polar surface area (TPSA) is 52.5 Å². The highest BCUT2D eigenvalue weighted by molar-refractivity contribution is 9.10. The highest BCUT2D eigenvalue weighted by Crippen LogP contribution is 2.28. The zero-order valence-corrected chi connectivity index (χ0v) is 13.8. The predicted octanol–water partition coefficient (Wildman–Crippen LogP) is 4.14. The maximum atomic E-state index is 9.89. The fourth-order valence-electron chi connectivity index (χ4n) is 2.45. The monoisotopic (exact) mass is 349 g/mol. The Labute approximate surface area is 133 Å². The van der Waals surface area contributed by atoms with Gasteiger partial charge in [-0.1, -0.05) is 34.1 Å². The first-order chi connectivity index (χ1) is 9.95. The normalized spacial score (nSPS) is 13.9. The second kappa shape index (κ2) is 6.96. The summed E-state index contributed by atoms with van der Waals surface area (Å²) < 4.78 is 1.08. The Morgan fingerprint density at radius 2 is 1.71 bits per heavy atom. The molecule has 0 aromatic heterocycles. The van der Waals surface area contributed by atoms with Crippen LogP contribution in [0.4, 0.5) is 0 Å². The number of nitrogens with one attached hydrogen (secondary N) is 1. The molecule has 4 heteroatoms. The third-order valence-corrected chi connectivity index (χ3v) is 4.00. The summed E-state index contributed by atoms with van der Waals surface area (Å²) in [5.41, 5.74) is 2.05. The Kier molecular flexibility index (Phi) is 5.26. The number of rotatable bonds is 5. The van der Waals surface area contributed by atoms with Gasteiger partial charge in [0.2, 0.25) is 0 Å². The van der Waals surface area contributed by atoms with Gasteiger partial charge in [-0.05, 0) is 44.0 Å². The number of benzene rings is 2. The molecule has 0 aliphatic carbocycles. The van der Waals surface area contributed by atoms with Crippen molar-refractivity contribution in [3.05, 3.63) is 58.1 Å². The molecule has 0 fully saturated rings. The lowest BCUT2D eigenvalue weighted by Gasteiger charge is -2.21. The van der Waals surface area contributed by atoms with Gasteiger partial charge in [-0.3, -0.25) is 0 Å². The lowest BCUT2D eigenvalue weighted by atomic mass is 10.0. The Hall–Kier alpha value is -1.52. The molecule has 21 heavy (non-hydrogen) atoms. The third kappa shape index (κ3) is 4.48. The molecule has 0 saturated carbocycles. The SMILES string of the molecule is CC(Cc1ccc(Br)cc1)NC(C)c1ccc(O)cc1O. The molecular weight excluding hydrogens is 330 g/mol. The molecule has 2 atom stereocenters. The van der Waals surface area contributed by atoms with Crippen molar-refractivity contribution < 1.29 is 10.2 Å². The first-order valence-corrected chi connectivity index (χ1v) is 7.77. The summed E-state index contributed by atoms with van der Waals surface area (Å²) in [6, 6.07) is 13.3. The molecule has 3 N–H and O–H groups in total. The molecule has 0 aliphatic rings. The van der Waals surface area contributed by atoms with Gasteiger partial charge < -0.3 is 15.5 Å². The van der Waals surface area contributed by atoms with E-state index in [1.54, 1.807) is 12.1 Å². The van der Waals surface area contributed by atoms with Crippen LogP contribution in [-0.4, -0.2) is 16.3 Å². The number of phenols is 2. The average molecular weight is 350 g/mol. The molecule has 0 heterocycles. The highest BCUT2D eigenvalue weighted by Gasteiger charge is 2.13. The average Bonchev–Trinajstić information content (AvgIpc) is 2.41. The van der Waals surface area contributed by atoms with Crippen molar-refractivity contribution in [3.63, 3.8) is 0 Å². The Balaban J connectivity index is 1.98. The van der Waals surface area contributed by atoms with Crippen LogP contribution < -0.4 is 5.32 Å². The summed E-state index contributed by atoms with van der Waals surface area (Å²) >= 11 is 3.43. The van der Waals surface area contributed by atoms with Gasteiger partial charge in [0.1, 0.15) is 11.5 Å². The Morgan fingerprint density at radius 3 is 2.33 bits per heavy atom. The summed E-state index contributed by atoms with van der Waals surface area (Å²) in [5, 5.41) is 22.7. The molecule has 0 radical (unpaired) electrons. The molecule has 112 valence electrons. The molecule has 2 aromatic carbocycles. The standard InChI is InChI=1S/C17H20BrNO2/c1-11(9-13-3-5-14(18)6-4-13)19-12(2)16-8-7-15(20)10-17(16)21/h3-8,10-12,19-21H,9H2,1-2H3. The van der Waals surface area contributed by atoms with Crippen LogP contribution >= 0.6 is 15.9 Å². The van der Waals surface area contributed by atoms with Gasteiger partial charge in [0.05, 0.1) is 0 Å². The summed E-state index contributed by atoms with van der Waals surface area (Å²) in [7, 11) is 0. The summed E-state index contributed by atoms with van der Waals surface area (Å²) in [5.74, 6) is 0.192. The molecule has 0 bridgehead atoms. The van der Waals surface area contributed by atoms with Gasteiger partial charge in [0.15, 0.2) is 0 Å². The fraction of sp³-hybridized carbons (Fsp3) is 0.294. The maximum absolute atomic E-state index is 9.89. The lowest BCUT2D eigenvalue weighted by Crippen LogP contribution is -2.30. The second-order valence-corrected chi connectivity index (χ2v) is 6.28. The molecule has 3 nitrogen and oxygen atoms in total. The maximum Gasteiger partial charge on any atom is 0.124 e. The van der Waals surface area contributed by atoms with E-state index >= 15 is 0 Å². The van der Waals surface area contributed by atoms with Gasteiger partial charge >= 0.3 is 0 Å². The van der Waals surface area contributed by atoms with Gasteiger partial charge in [0, 0.05) is 28.2 Å². The van der Waals surface area contributed by atoms with Crippen LogP contribution in [0.2, 0.25) is 0 Å². The minimum atomic E-state index is 0.0102. The van der Waals surface area contributed by atoms with E-state index in [-0.39, 0.29) is 23.6 Å². The molecule has 2 aromatic rings. The minimum absolute atomic E-state index is 0.0102. The zero-order valence-electron chi connectivity index (χ0n) is 12.2. The second-order valence-electron chi connectivity index (χ2n) is 5.36. The van der Waals surface area contributed by atoms with E-state index in [0.29, 0.717) is 0 Å². The van der Waals surface area contributed by atoms with E-state index in [9.17, 15) is 10.2 Å². The first kappa shape index (κ1) is 15.9. The van der Waals surface area contributed by atoms with Crippen LogP contribution in [-0.2, 0) is 6.42 Å². The number of hydrogen-bond acceptors (Lipinski definition) is 3. The molecule has 0 saturated heterocycles. The van der Waals surface area contributed by atoms with Crippen LogP contribution in [0.25, 0.3) is 0 Å². The van der Waals surface area contributed by atoms with Crippen LogP contribution in [0.15, 0.2) is 46.9 Å². The highest BCUT2D eigenvalue weighted by atomic mass is 79.9. The number of halogens is 1. The molecule has 2 unspecified atom stereocenters. The zero-order chi connectivity index (χ0) is 15.4. The molecule has 0 aliphatic heterocycles. The van der Waals surface area contributed by atoms with E-state index in [1.165, 1.54) is 11.6 Å². The Morgan fingerprint density at radius 1 is 1.05 bits per heavy atom. The molecule has 2 rings (SSSR count). The van der Waals surface area contributed by atoms with Crippen molar-refractivity contribution in [3.8, 4) is 11.5 Å². The first-order valence-electron chi connectivity index (χ1n) is 6.98. The van der Waals surface area contributed by atoms with E-state index in [1.807, 2.05) is 19.1 Å². The van der Waals surface area contributed by atoms with Crippen molar-refractivity contribution >= 4 is 15.9 Å². The largest absolute Gasteiger partial charge is 0.508 e. The van der Waals surface area contributed by atoms with Crippen molar-refractivity contribution in [2.45, 2.75) is 32.4 Å². The summed E-state index contributed by atoms with van der Waals surface area (Å²) in [6.07, 6.45) is 0.913. The van der Waals surface area contributed by atoms with E-state index in [0.717, 1.165) is 16.5 Å². The van der Waals surface area contributed by atoms with Gasteiger partial charge in [-0.25, -0.2) is 0 Å². The van der Waals surface area contributed by atoms with Crippen LogP contribution in [0.3, 0.4) is 0 Å². The van der Waals surface area contributed by atoms with Crippen molar-refractivity contribution in [1.82, 2.24) is 5.32 Å². The predicted molar refractivity (Wildman–Crippen MR) is 88.6 cm³/mol. The van der Waals surface area contributed by atoms with E-state index in [2.05, 4.69) is 40.3 Å². The van der Waals surface area contributed by atoms with E-state index < -0.39 is 0 Å². The molecule has 0 spiro atoms. The smallest absolute Gasteiger partial charge is 0.124 e. The van der Waals surface area contributed by atoms with Crippen molar-refractivity contribution in [2.75, 3.05) is 0 Å². The number of phenolic OH excluding ortho intramolecular Hbond substituents is 2. The van der Waals surface area contributed by atoms with Crippen molar-refractivity contribution in [2.24, 2.45) is 0 Å². The molecule has 0 amide bonds. The van der Waals surface area contributed by atoms with Crippen LogP contribution in [0, 0.1) is 0 Å². The summed E-state index contributed by atoms with van der Waals surface area (Å²) in [4.78, 5) is 0. The van der Waals surface area contributed by atoms with Crippen LogP contribution in [0.1, 0.15) is 31.0 Å². The molecular formula is C17H20BrNO2. The van der Waals surface area contributed by atoms with Crippen LogP contribution in [0.5, 0.6) is 11.5 Å². The number of hydrogen-bond donors (Lipinski definition) is 3. The third-order valence-electron chi connectivity index (χ3n) is 3.47. The lowest BCUT2D eigenvalue weighted by molar-refractivity contribution is 0.424. The summed E-state index contributed by atoms with van der Waals surface area (Å²) in [6.45, 7) is 4.13. The van der Waals surface area contributed by atoms with Gasteiger partial charge in [0.25, 0.3) is 0 Å². The van der Waals surface area contributed by atoms with E-state index in [4.69, 9.17) is 0 Å². The quantitative estimate of drug-likeness (QED) is 0.760. The van der Waals surface area contributed by atoms with Crippen molar-refractivity contribution in [1.29, 1.82) is 0 Å². The van der Waals surface area contributed by atoms with Gasteiger partial charge in [-0.15, -0.1) is 0 Å². The Bertz CT molecular complexity index is 598.